The first kappa shape index (κ1) is 14.6. The van der Waals surface area contributed by atoms with Gasteiger partial charge in [0, 0.05) is 6.04 Å². The fourth-order valence-corrected chi connectivity index (χ4v) is 3.33. The van der Waals surface area contributed by atoms with Crippen LogP contribution in [-0.4, -0.2) is 12.6 Å². The monoisotopic (exact) mass is 259 g/mol. The Bertz CT molecular complexity index is 395. The van der Waals surface area contributed by atoms with Gasteiger partial charge in [0.2, 0.25) is 0 Å². The molecule has 0 radical (unpaired) electrons. The van der Waals surface area contributed by atoms with Crippen molar-refractivity contribution in [3.05, 3.63) is 34.4 Å². The van der Waals surface area contributed by atoms with Crippen LogP contribution >= 0.6 is 0 Å². The molecule has 0 saturated heterocycles. The summed E-state index contributed by atoms with van der Waals surface area (Å²) in [6.07, 6.45) is 6.72. The van der Waals surface area contributed by atoms with E-state index in [9.17, 15) is 0 Å². The predicted molar refractivity (Wildman–Crippen MR) is 83.8 cm³/mol. The minimum Gasteiger partial charge on any atom is -0.313 e. The van der Waals surface area contributed by atoms with Gasteiger partial charge in [-0.15, -0.1) is 0 Å². The van der Waals surface area contributed by atoms with E-state index in [1.807, 2.05) is 0 Å². The van der Waals surface area contributed by atoms with Crippen LogP contribution in [0.25, 0.3) is 0 Å². The maximum atomic E-state index is 3.79. The summed E-state index contributed by atoms with van der Waals surface area (Å²) in [5.74, 6) is 0.909. The Morgan fingerprint density at radius 3 is 2.26 bits per heavy atom. The van der Waals surface area contributed by atoms with Gasteiger partial charge in [-0.1, -0.05) is 31.0 Å². The summed E-state index contributed by atoms with van der Waals surface area (Å²) < 4.78 is 0. The summed E-state index contributed by atoms with van der Waals surface area (Å²) in [5, 5.41) is 3.79. The molecule has 1 nitrogen and oxygen atoms in total. The molecule has 0 heterocycles. The second-order valence-electron chi connectivity index (χ2n) is 6.33. The van der Waals surface area contributed by atoms with Gasteiger partial charge in [0.15, 0.2) is 0 Å². The molecular formula is C18H29N. The summed E-state index contributed by atoms with van der Waals surface area (Å²) in [6.45, 7) is 10.2. The van der Waals surface area contributed by atoms with Crippen LogP contribution in [-0.2, 0) is 6.42 Å². The number of hydrogen-bond acceptors (Lipinski definition) is 1. The van der Waals surface area contributed by atoms with Gasteiger partial charge in [-0.25, -0.2) is 0 Å². The van der Waals surface area contributed by atoms with Gasteiger partial charge in [-0.3, -0.25) is 0 Å². The largest absolute Gasteiger partial charge is 0.313 e. The Morgan fingerprint density at radius 1 is 1.16 bits per heavy atom. The molecule has 1 aromatic carbocycles. The van der Waals surface area contributed by atoms with Gasteiger partial charge < -0.3 is 5.32 Å². The molecule has 0 bridgehead atoms. The molecule has 1 aliphatic rings. The van der Waals surface area contributed by atoms with E-state index in [1.165, 1.54) is 48.8 Å². The molecule has 1 fully saturated rings. The summed E-state index contributed by atoms with van der Waals surface area (Å²) >= 11 is 0. The average Bonchev–Trinajstić information content (AvgIpc) is 2.27. The zero-order valence-corrected chi connectivity index (χ0v) is 13.1. The number of aryl methyl sites for hydroxylation is 3. The van der Waals surface area contributed by atoms with Gasteiger partial charge in [-0.05, 0) is 75.6 Å². The van der Waals surface area contributed by atoms with Crippen LogP contribution in [0.3, 0.4) is 0 Å². The van der Waals surface area contributed by atoms with Crippen molar-refractivity contribution in [2.75, 3.05) is 6.54 Å². The van der Waals surface area contributed by atoms with Gasteiger partial charge >= 0.3 is 0 Å². The van der Waals surface area contributed by atoms with Gasteiger partial charge in [-0.2, -0.15) is 0 Å². The molecule has 0 spiro atoms. The van der Waals surface area contributed by atoms with Crippen LogP contribution in [0.4, 0.5) is 0 Å². The van der Waals surface area contributed by atoms with Gasteiger partial charge in [0.05, 0.1) is 0 Å². The quantitative estimate of drug-likeness (QED) is 0.802. The van der Waals surface area contributed by atoms with E-state index in [2.05, 4.69) is 45.1 Å². The minimum atomic E-state index is 0.689. The van der Waals surface area contributed by atoms with Gasteiger partial charge in [0.25, 0.3) is 0 Å². The fraction of sp³-hybridized carbons (Fsp3) is 0.667. The van der Waals surface area contributed by atoms with E-state index in [4.69, 9.17) is 0 Å². The van der Waals surface area contributed by atoms with Crippen LogP contribution in [0, 0.1) is 26.7 Å². The summed E-state index contributed by atoms with van der Waals surface area (Å²) in [4.78, 5) is 0. The highest BCUT2D eigenvalue weighted by atomic mass is 14.9. The SMILES string of the molecule is CCCNC(Cc1c(C)cc(C)cc1C)C1CCC1. The first-order chi connectivity index (χ1) is 9.11. The van der Waals surface area contributed by atoms with Crippen LogP contribution in [0.5, 0.6) is 0 Å². The zero-order chi connectivity index (χ0) is 13.8. The van der Waals surface area contributed by atoms with Crippen molar-refractivity contribution in [2.45, 2.75) is 65.8 Å². The highest BCUT2D eigenvalue weighted by molar-refractivity contribution is 5.38. The first-order valence-electron chi connectivity index (χ1n) is 7.92. The highest BCUT2D eigenvalue weighted by Crippen LogP contribution is 2.32. The molecule has 1 heteroatoms. The minimum absolute atomic E-state index is 0.689. The Kier molecular flexibility index (Phi) is 5.04. The van der Waals surface area contributed by atoms with Crippen molar-refractivity contribution in [3.63, 3.8) is 0 Å². The van der Waals surface area contributed by atoms with E-state index in [0.29, 0.717) is 6.04 Å². The lowest BCUT2D eigenvalue weighted by atomic mass is 9.76. The normalized spacial score (nSPS) is 17.3. The molecule has 1 aromatic rings. The smallest absolute Gasteiger partial charge is 0.0136 e. The van der Waals surface area contributed by atoms with E-state index >= 15 is 0 Å². The van der Waals surface area contributed by atoms with Crippen molar-refractivity contribution in [1.29, 1.82) is 0 Å². The Morgan fingerprint density at radius 2 is 1.79 bits per heavy atom. The predicted octanol–water partition coefficient (Wildman–Crippen LogP) is 4.32. The second-order valence-corrected chi connectivity index (χ2v) is 6.33. The Hall–Kier alpha value is -0.820. The third-order valence-electron chi connectivity index (χ3n) is 4.64. The lowest BCUT2D eigenvalue weighted by Gasteiger charge is -2.35. The standard InChI is InChI=1S/C18H29N/c1-5-9-19-18(16-7-6-8-16)12-17-14(3)10-13(2)11-15(17)4/h10-11,16,18-19H,5-9,12H2,1-4H3. The lowest BCUT2D eigenvalue weighted by Crippen LogP contribution is -2.41. The van der Waals surface area contributed by atoms with Crippen molar-refractivity contribution in [3.8, 4) is 0 Å². The van der Waals surface area contributed by atoms with E-state index in [-0.39, 0.29) is 0 Å². The van der Waals surface area contributed by atoms with E-state index in [0.717, 1.165) is 12.5 Å². The average molecular weight is 259 g/mol. The Balaban J connectivity index is 2.11. The van der Waals surface area contributed by atoms with E-state index in [1.54, 1.807) is 5.56 Å². The third kappa shape index (κ3) is 3.60. The molecule has 0 amide bonds. The third-order valence-corrected chi connectivity index (χ3v) is 4.64. The highest BCUT2D eigenvalue weighted by Gasteiger charge is 2.27. The maximum Gasteiger partial charge on any atom is 0.0136 e. The molecule has 19 heavy (non-hydrogen) atoms. The van der Waals surface area contributed by atoms with Crippen LogP contribution < -0.4 is 5.32 Å². The molecule has 1 N–H and O–H groups in total. The van der Waals surface area contributed by atoms with Crippen molar-refractivity contribution < 1.29 is 0 Å². The molecule has 2 rings (SSSR count). The summed E-state index contributed by atoms with van der Waals surface area (Å²) in [6, 6.07) is 5.36. The van der Waals surface area contributed by atoms with Crippen LogP contribution in [0.1, 0.15) is 54.9 Å². The molecule has 0 aliphatic heterocycles. The second kappa shape index (κ2) is 6.56. The molecule has 106 valence electrons. The molecule has 1 saturated carbocycles. The van der Waals surface area contributed by atoms with Crippen LogP contribution in [0.2, 0.25) is 0 Å². The topological polar surface area (TPSA) is 12.0 Å². The molecule has 1 aliphatic carbocycles. The zero-order valence-electron chi connectivity index (χ0n) is 13.1. The fourth-order valence-electron chi connectivity index (χ4n) is 3.33. The first-order valence-corrected chi connectivity index (χ1v) is 7.92. The molecule has 0 aromatic heterocycles. The number of benzene rings is 1. The summed E-state index contributed by atoms with van der Waals surface area (Å²) in [7, 11) is 0. The summed E-state index contributed by atoms with van der Waals surface area (Å²) in [5.41, 5.74) is 5.91. The maximum absolute atomic E-state index is 3.79. The lowest BCUT2D eigenvalue weighted by molar-refractivity contribution is 0.227. The van der Waals surface area contributed by atoms with E-state index < -0.39 is 0 Å². The number of nitrogens with one attached hydrogen (secondary N) is 1. The van der Waals surface area contributed by atoms with Crippen molar-refractivity contribution in [1.82, 2.24) is 5.32 Å². The molecule has 1 atom stereocenters. The molecule has 1 unspecified atom stereocenters. The molecular weight excluding hydrogens is 230 g/mol. The number of rotatable bonds is 6. The van der Waals surface area contributed by atoms with Crippen LogP contribution in [0.15, 0.2) is 12.1 Å². The van der Waals surface area contributed by atoms with Crippen molar-refractivity contribution in [2.24, 2.45) is 5.92 Å². The Labute approximate surface area is 118 Å². The van der Waals surface area contributed by atoms with Crippen molar-refractivity contribution >= 4 is 0 Å². The van der Waals surface area contributed by atoms with Gasteiger partial charge in [0.1, 0.15) is 0 Å². The number of hydrogen-bond donors (Lipinski definition) is 1.